The van der Waals surface area contributed by atoms with Gasteiger partial charge in [0.2, 0.25) is 0 Å². The lowest BCUT2D eigenvalue weighted by atomic mass is 9.98. The summed E-state index contributed by atoms with van der Waals surface area (Å²) < 4.78 is 31.4. The zero-order valence-electron chi connectivity index (χ0n) is 21.7. The van der Waals surface area contributed by atoms with Crippen molar-refractivity contribution in [3.63, 3.8) is 0 Å². The smallest absolute Gasteiger partial charge is 0.189 e. The monoisotopic (exact) mass is 529 g/mol. The van der Waals surface area contributed by atoms with Crippen molar-refractivity contribution in [2.45, 2.75) is 38.3 Å². The van der Waals surface area contributed by atoms with Crippen molar-refractivity contribution in [2.24, 2.45) is 5.92 Å². The molecule has 0 aliphatic carbocycles. The van der Waals surface area contributed by atoms with E-state index >= 15 is 0 Å². The minimum atomic E-state index is -0.370. The van der Waals surface area contributed by atoms with Gasteiger partial charge in [-0.1, -0.05) is 35.5 Å². The number of rotatable bonds is 9. The molecule has 6 rings (SSSR count). The Kier molecular flexibility index (Phi) is 7.62. The van der Waals surface area contributed by atoms with Gasteiger partial charge in [-0.15, -0.1) is 0 Å². The first kappa shape index (κ1) is 25.6. The van der Waals surface area contributed by atoms with Crippen molar-refractivity contribution in [3.05, 3.63) is 71.7 Å². The normalized spacial score (nSPS) is 19.1. The summed E-state index contributed by atoms with van der Waals surface area (Å²) in [5.74, 6) is 0.834. The van der Waals surface area contributed by atoms with Crippen LogP contribution in [0, 0.1) is 11.7 Å². The minimum absolute atomic E-state index is 0.217. The van der Waals surface area contributed by atoms with Gasteiger partial charge in [-0.3, -0.25) is 0 Å². The number of nitrogens with one attached hydrogen (secondary N) is 1. The zero-order valence-corrected chi connectivity index (χ0v) is 21.7. The molecule has 0 amide bonds. The molecule has 0 bridgehead atoms. The second-order valence-electron chi connectivity index (χ2n) is 10.3. The maximum Gasteiger partial charge on any atom is 0.189 e. The van der Waals surface area contributed by atoms with E-state index in [9.17, 15) is 4.39 Å². The molecule has 0 radical (unpaired) electrons. The van der Waals surface area contributed by atoms with E-state index in [1.807, 2.05) is 18.2 Å². The van der Waals surface area contributed by atoms with E-state index in [1.54, 1.807) is 18.3 Å². The molecule has 2 aromatic carbocycles. The SMILES string of the molecule is Nc1ncc(-c2ccc(CCC3CCOC3)cc2)nc1-c1cc(-c2ccc(CN[C@H]3CCOC3)cc2F)no1. The van der Waals surface area contributed by atoms with Gasteiger partial charge in [0.15, 0.2) is 17.3 Å². The van der Waals surface area contributed by atoms with Crippen LogP contribution in [0.2, 0.25) is 0 Å². The largest absolute Gasteiger partial charge is 0.382 e. The van der Waals surface area contributed by atoms with Gasteiger partial charge in [0.1, 0.15) is 11.5 Å². The highest BCUT2D eigenvalue weighted by atomic mass is 19.1. The third-order valence-corrected chi connectivity index (χ3v) is 7.49. The van der Waals surface area contributed by atoms with Crippen molar-refractivity contribution in [1.82, 2.24) is 20.4 Å². The first-order valence-electron chi connectivity index (χ1n) is 13.5. The summed E-state index contributed by atoms with van der Waals surface area (Å²) in [5, 5.41) is 7.49. The lowest BCUT2D eigenvalue weighted by Crippen LogP contribution is -2.28. The fraction of sp³-hybridized carbons (Fsp3) is 0.367. The van der Waals surface area contributed by atoms with Crippen molar-refractivity contribution in [3.8, 4) is 34.0 Å². The molecule has 202 valence electrons. The first-order chi connectivity index (χ1) is 19.1. The van der Waals surface area contributed by atoms with Crippen LogP contribution in [0.4, 0.5) is 10.2 Å². The number of aryl methyl sites for hydroxylation is 1. The summed E-state index contributed by atoms with van der Waals surface area (Å²) in [6.45, 7) is 3.78. The van der Waals surface area contributed by atoms with Crippen molar-refractivity contribution in [2.75, 3.05) is 32.2 Å². The standard InChI is InChI=1S/C30H32FN5O3/c31-25-13-21(15-33-23-10-12-38-18-23)5-8-24(25)26-14-28(39-36-26)29-30(32)34-16-27(35-29)22-6-3-19(4-7-22)1-2-20-9-11-37-17-20/h3-8,13-14,16,20,23,33H,1-2,9-12,15,17-18H2,(H2,32,34)/t20?,23-/m0/s1. The quantitative estimate of drug-likeness (QED) is 0.311. The van der Waals surface area contributed by atoms with Crippen LogP contribution in [-0.4, -0.2) is 47.6 Å². The van der Waals surface area contributed by atoms with Crippen LogP contribution in [0.15, 0.2) is 59.3 Å². The summed E-state index contributed by atoms with van der Waals surface area (Å²) >= 11 is 0. The van der Waals surface area contributed by atoms with E-state index in [0.717, 1.165) is 56.6 Å². The number of benzene rings is 2. The lowest BCUT2D eigenvalue weighted by molar-refractivity contribution is 0.184. The van der Waals surface area contributed by atoms with E-state index in [2.05, 4.69) is 27.6 Å². The van der Waals surface area contributed by atoms with Crippen LogP contribution in [0.25, 0.3) is 34.0 Å². The molecule has 4 heterocycles. The summed E-state index contributed by atoms with van der Waals surface area (Å²) in [5.41, 5.74) is 11.0. The highest BCUT2D eigenvalue weighted by Crippen LogP contribution is 2.31. The molecule has 9 heteroatoms. The fourth-order valence-electron chi connectivity index (χ4n) is 5.09. The van der Waals surface area contributed by atoms with Gasteiger partial charge < -0.3 is 25.0 Å². The second kappa shape index (κ2) is 11.6. The van der Waals surface area contributed by atoms with Crippen molar-refractivity contribution < 1.29 is 18.4 Å². The summed E-state index contributed by atoms with van der Waals surface area (Å²) in [6, 6.07) is 15.4. The average Bonchev–Trinajstić information content (AvgIpc) is 3.75. The predicted octanol–water partition coefficient (Wildman–Crippen LogP) is 5.03. The topological polar surface area (TPSA) is 108 Å². The molecule has 2 saturated heterocycles. The Morgan fingerprint density at radius 1 is 0.949 bits per heavy atom. The van der Waals surface area contributed by atoms with E-state index in [1.165, 1.54) is 11.6 Å². The Balaban J connectivity index is 1.15. The molecule has 2 aromatic heterocycles. The number of anilines is 1. The third-order valence-electron chi connectivity index (χ3n) is 7.49. The van der Waals surface area contributed by atoms with E-state index in [-0.39, 0.29) is 11.6 Å². The van der Waals surface area contributed by atoms with E-state index in [0.29, 0.717) is 53.5 Å². The van der Waals surface area contributed by atoms with Gasteiger partial charge in [0, 0.05) is 49.6 Å². The Hall–Kier alpha value is -3.66. The van der Waals surface area contributed by atoms with Crippen LogP contribution in [-0.2, 0) is 22.4 Å². The maximum atomic E-state index is 15.0. The number of ether oxygens (including phenoxy) is 2. The molecule has 2 fully saturated rings. The molecule has 3 N–H and O–H groups in total. The highest BCUT2D eigenvalue weighted by Gasteiger charge is 2.19. The highest BCUT2D eigenvalue weighted by molar-refractivity contribution is 5.73. The maximum absolute atomic E-state index is 15.0. The molecular weight excluding hydrogens is 497 g/mol. The molecule has 0 spiro atoms. The summed E-state index contributed by atoms with van der Waals surface area (Å²) in [4.78, 5) is 9.04. The van der Waals surface area contributed by atoms with Gasteiger partial charge in [0.05, 0.1) is 18.5 Å². The second-order valence-corrected chi connectivity index (χ2v) is 10.3. The van der Waals surface area contributed by atoms with Crippen LogP contribution in [0.5, 0.6) is 0 Å². The van der Waals surface area contributed by atoms with Crippen LogP contribution >= 0.6 is 0 Å². The number of hydrogen-bond donors (Lipinski definition) is 2. The number of halogens is 1. The number of nitrogen functional groups attached to an aromatic ring is 1. The van der Waals surface area contributed by atoms with Gasteiger partial charge in [-0.25, -0.2) is 14.4 Å². The molecule has 39 heavy (non-hydrogen) atoms. The average molecular weight is 530 g/mol. The number of aromatic nitrogens is 3. The van der Waals surface area contributed by atoms with Gasteiger partial charge in [0.25, 0.3) is 0 Å². The van der Waals surface area contributed by atoms with Crippen LogP contribution in [0.3, 0.4) is 0 Å². The predicted molar refractivity (Wildman–Crippen MR) is 146 cm³/mol. The Morgan fingerprint density at radius 2 is 1.77 bits per heavy atom. The molecule has 0 saturated carbocycles. The molecule has 4 aromatic rings. The molecule has 2 atom stereocenters. The van der Waals surface area contributed by atoms with Crippen LogP contribution in [0.1, 0.15) is 30.4 Å². The Labute approximate surface area is 226 Å². The summed E-state index contributed by atoms with van der Waals surface area (Å²) in [6.07, 6.45) is 5.92. The lowest BCUT2D eigenvalue weighted by Gasteiger charge is -2.11. The third kappa shape index (κ3) is 6.00. The van der Waals surface area contributed by atoms with Crippen molar-refractivity contribution in [1.29, 1.82) is 0 Å². The molecule has 8 nitrogen and oxygen atoms in total. The number of nitrogens with two attached hydrogens (primary N) is 1. The zero-order chi connectivity index (χ0) is 26.6. The molecular formula is C30H32FN5O3. The van der Waals surface area contributed by atoms with Crippen molar-refractivity contribution >= 4 is 5.82 Å². The molecule has 1 unspecified atom stereocenters. The first-order valence-corrected chi connectivity index (χ1v) is 13.5. The van der Waals surface area contributed by atoms with Crippen LogP contribution < -0.4 is 11.1 Å². The van der Waals surface area contributed by atoms with E-state index < -0.39 is 0 Å². The molecule has 2 aliphatic heterocycles. The Bertz CT molecular complexity index is 1410. The fourth-order valence-corrected chi connectivity index (χ4v) is 5.09. The molecule has 2 aliphatic rings. The van der Waals surface area contributed by atoms with E-state index in [4.69, 9.17) is 24.7 Å². The minimum Gasteiger partial charge on any atom is -0.382 e. The van der Waals surface area contributed by atoms with Gasteiger partial charge in [-0.05, 0) is 54.9 Å². The Morgan fingerprint density at radius 3 is 2.54 bits per heavy atom. The summed E-state index contributed by atoms with van der Waals surface area (Å²) in [7, 11) is 0. The number of hydrogen-bond acceptors (Lipinski definition) is 8. The van der Waals surface area contributed by atoms with Gasteiger partial charge in [-0.2, -0.15) is 0 Å². The van der Waals surface area contributed by atoms with Gasteiger partial charge >= 0.3 is 0 Å². The number of nitrogens with zero attached hydrogens (tertiary/aromatic N) is 3.